The molecule has 0 bridgehead atoms. The molecule has 164 valence electrons. The summed E-state index contributed by atoms with van der Waals surface area (Å²) in [7, 11) is 1.72. The molecule has 4 rings (SSSR count). The molecule has 0 spiro atoms. The number of nitrogens with one attached hydrogen (secondary N) is 1. The highest BCUT2D eigenvalue weighted by molar-refractivity contribution is 9.10. The van der Waals surface area contributed by atoms with Gasteiger partial charge in [0.05, 0.1) is 18.3 Å². The summed E-state index contributed by atoms with van der Waals surface area (Å²) in [5, 5.41) is 7.33. The van der Waals surface area contributed by atoms with Crippen LogP contribution in [0.25, 0.3) is 5.52 Å². The van der Waals surface area contributed by atoms with Gasteiger partial charge in [0.25, 0.3) is 5.91 Å². The molecular formula is C23H28BrN5O2. The van der Waals surface area contributed by atoms with E-state index in [1.54, 1.807) is 11.6 Å². The van der Waals surface area contributed by atoms with Crippen molar-refractivity contribution in [3.63, 3.8) is 0 Å². The van der Waals surface area contributed by atoms with Crippen LogP contribution < -0.4 is 15.0 Å². The Morgan fingerprint density at radius 3 is 2.74 bits per heavy atom. The van der Waals surface area contributed by atoms with Crippen LogP contribution in [-0.4, -0.2) is 66.8 Å². The number of nitrogens with zero attached hydrogens (tertiary/aromatic N) is 4. The predicted octanol–water partition coefficient (Wildman–Crippen LogP) is 3.44. The number of hydrogen-bond acceptors (Lipinski definition) is 5. The van der Waals surface area contributed by atoms with Gasteiger partial charge in [0, 0.05) is 43.4 Å². The van der Waals surface area contributed by atoms with E-state index in [1.165, 1.54) is 5.69 Å². The van der Waals surface area contributed by atoms with E-state index in [2.05, 4.69) is 48.3 Å². The Morgan fingerprint density at radius 2 is 1.94 bits per heavy atom. The van der Waals surface area contributed by atoms with Crippen molar-refractivity contribution in [2.45, 2.75) is 12.8 Å². The first-order valence-electron chi connectivity index (χ1n) is 10.7. The molecule has 3 heterocycles. The first-order chi connectivity index (χ1) is 15.1. The second kappa shape index (κ2) is 10.2. The third kappa shape index (κ3) is 5.37. The molecule has 1 aromatic carbocycles. The molecule has 0 unspecified atom stereocenters. The van der Waals surface area contributed by atoms with Crippen molar-refractivity contribution in [1.82, 2.24) is 19.8 Å². The first kappa shape index (κ1) is 21.6. The number of methoxy groups -OCH3 is 1. The molecule has 1 N–H and O–H groups in total. The number of benzene rings is 1. The number of unbranched alkanes of at least 4 members (excludes halogenated alkanes) is 1. The quantitative estimate of drug-likeness (QED) is 0.495. The lowest BCUT2D eigenvalue weighted by molar-refractivity contribution is 0.0947. The van der Waals surface area contributed by atoms with Gasteiger partial charge >= 0.3 is 0 Å². The maximum atomic E-state index is 12.4. The molecule has 0 atom stereocenters. The number of pyridine rings is 1. The number of hydrogen-bond donors (Lipinski definition) is 1. The van der Waals surface area contributed by atoms with Crippen LogP contribution in [0, 0.1) is 0 Å². The minimum Gasteiger partial charge on any atom is -0.495 e. The van der Waals surface area contributed by atoms with E-state index < -0.39 is 0 Å². The average molecular weight is 486 g/mol. The largest absolute Gasteiger partial charge is 0.495 e. The molecule has 7 nitrogen and oxygen atoms in total. The SMILES string of the molecule is COc1ccccc1N1CCN(CCCCNC(=O)c2cc3ccc(Br)cn3n2)CC1. The molecule has 1 saturated heterocycles. The van der Waals surface area contributed by atoms with Gasteiger partial charge in [-0.05, 0) is 65.6 Å². The Hall–Kier alpha value is -2.58. The van der Waals surface area contributed by atoms with Crippen molar-refractivity contribution in [2.24, 2.45) is 0 Å². The van der Waals surface area contributed by atoms with E-state index >= 15 is 0 Å². The van der Waals surface area contributed by atoms with Gasteiger partial charge in [-0.15, -0.1) is 0 Å². The van der Waals surface area contributed by atoms with Crippen LogP contribution in [0.2, 0.25) is 0 Å². The van der Waals surface area contributed by atoms with Gasteiger partial charge in [0.2, 0.25) is 0 Å². The van der Waals surface area contributed by atoms with Crippen molar-refractivity contribution < 1.29 is 9.53 Å². The zero-order valence-corrected chi connectivity index (χ0v) is 19.3. The monoisotopic (exact) mass is 485 g/mol. The second-order valence-electron chi connectivity index (χ2n) is 7.71. The van der Waals surface area contributed by atoms with Crippen molar-refractivity contribution in [3.8, 4) is 5.75 Å². The predicted molar refractivity (Wildman–Crippen MR) is 126 cm³/mol. The van der Waals surface area contributed by atoms with Gasteiger partial charge in [-0.2, -0.15) is 5.10 Å². The summed E-state index contributed by atoms with van der Waals surface area (Å²) in [6, 6.07) is 13.9. The smallest absolute Gasteiger partial charge is 0.271 e. The summed E-state index contributed by atoms with van der Waals surface area (Å²) in [6.07, 6.45) is 3.87. The van der Waals surface area contributed by atoms with E-state index in [-0.39, 0.29) is 5.91 Å². The summed E-state index contributed by atoms with van der Waals surface area (Å²) >= 11 is 3.42. The standard InChI is InChI=1S/C23H28BrN5O2/c1-31-22-7-3-2-6-21(22)28-14-12-27(13-15-28)11-5-4-10-25-23(30)20-16-19-9-8-18(24)17-29(19)26-20/h2-3,6-9,16-17H,4-5,10-15H2,1H3,(H,25,30). The minimum atomic E-state index is -0.120. The van der Waals surface area contributed by atoms with Crippen LogP contribution in [0.5, 0.6) is 5.75 Å². The molecule has 2 aromatic heterocycles. The highest BCUT2D eigenvalue weighted by Gasteiger charge is 2.19. The van der Waals surface area contributed by atoms with Crippen molar-refractivity contribution in [2.75, 3.05) is 51.3 Å². The number of amides is 1. The number of carbonyl (C=O) groups is 1. The van der Waals surface area contributed by atoms with Gasteiger partial charge in [-0.1, -0.05) is 12.1 Å². The number of rotatable bonds is 8. The van der Waals surface area contributed by atoms with Gasteiger partial charge < -0.3 is 15.0 Å². The van der Waals surface area contributed by atoms with Crippen LogP contribution in [0.3, 0.4) is 0 Å². The van der Waals surface area contributed by atoms with Crippen LogP contribution in [0.4, 0.5) is 5.69 Å². The number of carbonyl (C=O) groups excluding carboxylic acids is 1. The Bertz CT molecular complexity index is 1030. The topological polar surface area (TPSA) is 62.1 Å². The van der Waals surface area contributed by atoms with E-state index in [4.69, 9.17) is 4.74 Å². The third-order valence-corrected chi connectivity index (χ3v) is 6.11. The molecule has 1 aliphatic rings. The lowest BCUT2D eigenvalue weighted by Crippen LogP contribution is -2.46. The Morgan fingerprint density at radius 1 is 1.13 bits per heavy atom. The van der Waals surface area contributed by atoms with Gasteiger partial charge in [-0.3, -0.25) is 9.69 Å². The molecule has 31 heavy (non-hydrogen) atoms. The number of aromatic nitrogens is 2. The van der Waals surface area contributed by atoms with Crippen molar-refractivity contribution in [3.05, 3.63) is 58.8 Å². The van der Waals surface area contributed by atoms with E-state index in [0.717, 1.165) is 61.3 Å². The summed E-state index contributed by atoms with van der Waals surface area (Å²) in [4.78, 5) is 17.2. The highest BCUT2D eigenvalue weighted by atomic mass is 79.9. The van der Waals surface area contributed by atoms with E-state index in [0.29, 0.717) is 12.2 Å². The van der Waals surface area contributed by atoms with E-state index in [1.807, 2.05) is 36.5 Å². The lowest BCUT2D eigenvalue weighted by Gasteiger charge is -2.36. The fourth-order valence-electron chi connectivity index (χ4n) is 3.93. The highest BCUT2D eigenvalue weighted by Crippen LogP contribution is 2.28. The normalized spacial score (nSPS) is 14.7. The van der Waals surface area contributed by atoms with Crippen LogP contribution in [0.1, 0.15) is 23.3 Å². The maximum absolute atomic E-state index is 12.4. The van der Waals surface area contributed by atoms with Crippen LogP contribution in [0.15, 0.2) is 53.1 Å². The number of piperazine rings is 1. The average Bonchev–Trinajstić information content (AvgIpc) is 3.22. The van der Waals surface area contributed by atoms with Gasteiger partial charge in [0.1, 0.15) is 5.75 Å². The molecule has 8 heteroatoms. The molecule has 1 aliphatic heterocycles. The summed E-state index contributed by atoms with van der Waals surface area (Å²) in [5.41, 5.74) is 2.53. The summed E-state index contributed by atoms with van der Waals surface area (Å²) in [6.45, 7) is 5.81. The number of halogens is 1. The zero-order chi connectivity index (χ0) is 21.6. The fourth-order valence-corrected chi connectivity index (χ4v) is 4.25. The number of para-hydroxylation sites is 2. The summed E-state index contributed by atoms with van der Waals surface area (Å²) < 4.78 is 8.13. The second-order valence-corrected chi connectivity index (χ2v) is 8.63. The number of fused-ring (bicyclic) bond motifs is 1. The first-order valence-corrected chi connectivity index (χ1v) is 11.5. The molecule has 0 saturated carbocycles. The molecule has 1 fully saturated rings. The number of anilines is 1. The third-order valence-electron chi connectivity index (χ3n) is 5.64. The minimum absolute atomic E-state index is 0.120. The molecular weight excluding hydrogens is 458 g/mol. The Labute approximate surface area is 191 Å². The molecule has 3 aromatic rings. The van der Waals surface area contributed by atoms with Crippen LogP contribution >= 0.6 is 15.9 Å². The molecule has 0 radical (unpaired) electrons. The number of ether oxygens (including phenoxy) is 1. The molecule has 1 amide bonds. The maximum Gasteiger partial charge on any atom is 0.271 e. The lowest BCUT2D eigenvalue weighted by atomic mass is 10.2. The Balaban J connectivity index is 1.16. The van der Waals surface area contributed by atoms with Gasteiger partial charge in [0.15, 0.2) is 5.69 Å². The molecule has 0 aliphatic carbocycles. The van der Waals surface area contributed by atoms with Crippen LogP contribution in [-0.2, 0) is 0 Å². The van der Waals surface area contributed by atoms with Crippen molar-refractivity contribution >= 4 is 33.0 Å². The van der Waals surface area contributed by atoms with Crippen molar-refractivity contribution in [1.29, 1.82) is 0 Å². The summed E-state index contributed by atoms with van der Waals surface area (Å²) in [5.74, 6) is 0.815. The van der Waals surface area contributed by atoms with Gasteiger partial charge in [-0.25, -0.2) is 4.52 Å². The Kier molecular flexibility index (Phi) is 7.09. The zero-order valence-electron chi connectivity index (χ0n) is 17.8. The van der Waals surface area contributed by atoms with E-state index in [9.17, 15) is 4.79 Å². The fraction of sp³-hybridized carbons (Fsp3) is 0.391.